The summed E-state index contributed by atoms with van der Waals surface area (Å²) >= 11 is 0. The summed E-state index contributed by atoms with van der Waals surface area (Å²) in [5.74, 6) is -0.513. The molecule has 0 radical (unpaired) electrons. The van der Waals surface area contributed by atoms with Gasteiger partial charge in [0.25, 0.3) is 16.0 Å². The summed E-state index contributed by atoms with van der Waals surface area (Å²) in [7, 11) is -3.67. The van der Waals surface area contributed by atoms with E-state index in [1.807, 2.05) is 6.08 Å². The molecule has 0 fully saturated rings. The molecular weight excluding hydrogens is 232 g/mol. The lowest BCUT2D eigenvalue weighted by molar-refractivity contribution is -0.111. The number of carbonyl (C=O) groups excluding carboxylic acids is 1. The highest BCUT2D eigenvalue weighted by Gasteiger charge is 1.99. The molecule has 16 heavy (non-hydrogen) atoms. The molecule has 0 saturated carbocycles. The Kier molecular flexibility index (Phi) is 5.97. The van der Waals surface area contributed by atoms with E-state index in [1.54, 1.807) is 24.3 Å². The van der Waals surface area contributed by atoms with Crippen molar-refractivity contribution in [2.75, 3.05) is 6.26 Å². The summed E-state index contributed by atoms with van der Waals surface area (Å²) in [5, 5.41) is 0. The van der Waals surface area contributed by atoms with E-state index in [4.69, 9.17) is 10.3 Å². The van der Waals surface area contributed by atoms with Crippen LogP contribution < -0.4 is 5.73 Å². The number of allylic oxidation sites excluding steroid dienone is 4. The van der Waals surface area contributed by atoms with Gasteiger partial charge in [0.2, 0.25) is 0 Å². The number of nitrogens with two attached hydrogens (primary N) is 1. The average Bonchev–Trinajstić information content (AvgIpc) is 1.97. The lowest BCUT2D eigenvalue weighted by Crippen LogP contribution is -2.21. The fourth-order valence-corrected chi connectivity index (χ4v) is 0.637. The minimum absolute atomic E-state index is 0.269. The summed E-state index contributed by atoms with van der Waals surface area (Å²) in [6.45, 7) is 0. The smallest absolute Gasteiger partial charge is 0.267 e. The van der Waals surface area contributed by atoms with Gasteiger partial charge in [-0.05, 0) is 12.2 Å². The molecule has 7 heteroatoms. The van der Waals surface area contributed by atoms with Crippen LogP contribution in [0.3, 0.4) is 0 Å². The molecule has 1 amide bonds. The fourth-order valence-electron chi connectivity index (χ4n) is 0.637. The normalized spacial score (nSPS) is 14.2. The van der Waals surface area contributed by atoms with Crippen LogP contribution in [-0.2, 0) is 14.9 Å². The van der Waals surface area contributed by atoms with E-state index in [1.165, 1.54) is 6.20 Å². The second-order valence-electron chi connectivity index (χ2n) is 2.70. The van der Waals surface area contributed by atoms with Crippen molar-refractivity contribution in [1.29, 1.82) is 0 Å². The molecule has 0 aromatic carbocycles. The Morgan fingerprint density at radius 2 is 1.81 bits per heavy atom. The third-order valence-corrected chi connectivity index (χ3v) is 1.14. The Morgan fingerprint density at radius 1 is 1.31 bits per heavy atom. The summed E-state index contributed by atoms with van der Waals surface area (Å²) in [6, 6.07) is 0. The highest BCUT2D eigenvalue weighted by Crippen LogP contribution is 1.90. The number of primary amides is 1. The van der Waals surface area contributed by atoms with Crippen molar-refractivity contribution in [3.8, 4) is 0 Å². The molecule has 6 nitrogen and oxygen atoms in total. The third kappa shape index (κ3) is 10.4. The Morgan fingerprint density at radius 3 is 2.31 bits per heavy atom. The molecule has 0 atom stereocenters. The molecular formula is C9H12N2O4S. The van der Waals surface area contributed by atoms with E-state index in [9.17, 15) is 13.2 Å². The van der Waals surface area contributed by atoms with E-state index in [-0.39, 0.29) is 5.71 Å². The maximum Gasteiger partial charge on any atom is 0.267 e. The zero-order valence-corrected chi connectivity index (χ0v) is 9.39. The number of amides is 1. The molecule has 0 aromatic rings. The average molecular weight is 244 g/mol. The van der Waals surface area contributed by atoms with Crippen LogP contribution in [0, 0.1) is 0 Å². The van der Waals surface area contributed by atoms with Crippen LogP contribution in [0.5, 0.6) is 0 Å². The van der Waals surface area contributed by atoms with Gasteiger partial charge in [0.05, 0.1) is 6.26 Å². The predicted octanol–water partition coefficient (Wildman–Crippen LogP) is 0.0564. The zero-order valence-electron chi connectivity index (χ0n) is 8.57. The zero-order chi connectivity index (χ0) is 12.6. The first kappa shape index (κ1) is 14.3. The molecule has 0 saturated heterocycles. The molecule has 1 aliphatic rings. The Bertz CT molecular complexity index is 450. The van der Waals surface area contributed by atoms with E-state index < -0.39 is 16.0 Å². The number of aliphatic imine (C=N–C) groups is 1. The van der Waals surface area contributed by atoms with E-state index in [0.29, 0.717) is 6.26 Å². The number of hydrogen-bond acceptors (Lipinski definition) is 4. The molecule has 0 bridgehead atoms. The van der Waals surface area contributed by atoms with Gasteiger partial charge in [0.15, 0.2) is 0 Å². The lowest BCUT2D eigenvalue weighted by atomic mass is 10.3. The van der Waals surface area contributed by atoms with Gasteiger partial charge in [-0.3, -0.25) is 14.3 Å². The van der Waals surface area contributed by atoms with Crippen LogP contribution >= 0.6 is 0 Å². The van der Waals surface area contributed by atoms with Crippen LogP contribution in [0.25, 0.3) is 0 Å². The molecule has 0 aliphatic carbocycles. The second kappa shape index (κ2) is 6.70. The minimum Gasteiger partial charge on any atom is -0.364 e. The van der Waals surface area contributed by atoms with Gasteiger partial charge in [-0.1, -0.05) is 18.2 Å². The van der Waals surface area contributed by atoms with Crippen LogP contribution in [0.15, 0.2) is 41.6 Å². The van der Waals surface area contributed by atoms with E-state index in [2.05, 4.69) is 4.99 Å². The van der Waals surface area contributed by atoms with Gasteiger partial charge in [-0.15, -0.1) is 0 Å². The van der Waals surface area contributed by atoms with E-state index >= 15 is 0 Å². The Hall–Kier alpha value is -1.73. The summed E-state index contributed by atoms with van der Waals surface area (Å²) in [4.78, 5) is 14.4. The molecule has 1 rings (SSSR count). The van der Waals surface area contributed by atoms with Gasteiger partial charge < -0.3 is 5.73 Å². The number of rotatable bonds is 1. The predicted molar refractivity (Wildman–Crippen MR) is 61.5 cm³/mol. The first-order valence-corrected chi connectivity index (χ1v) is 5.95. The van der Waals surface area contributed by atoms with Gasteiger partial charge in [-0.25, -0.2) is 0 Å². The monoisotopic (exact) mass is 244 g/mol. The van der Waals surface area contributed by atoms with Gasteiger partial charge in [0, 0.05) is 6.20 Å². The topological polar surface area (TPSA) is 110 Å². The summed E-state index contributed by atoms with van der Waals surface area (Å²) in [6.07, 6.45) is 10.9. The van der Waals surface area contributed by atoms with Crippen molar-refractivity contribution in [3.05, 3.63) is 36.6 Å². The number of carbonyl (C=O) groups is 1. The third-order valence-electron chi connectivity index (χ3n) is 1.14. The quantitative estimate of drug-likeness (QED) is 0.635. The Labute approximate surface area is 93.6 Å². The molecule has 0 unspecified atom stereocenters. The molecule has 0 aromatic heterocycles. The highest BCUT2D eigenvalue weighted by atomic mass is 32.2. The largest absolute Gasteiger partial charge is 0.364 e. The number of nitrogens with zero attached hydrogens (tertiary/aromatic N) is 1. The minimum atomic E-state index is -3.67. The maximum absolute atomic E-state index is 10.6. The lowest BCUT2D eigenvalue weighted by Gasteiger charge is -1.92. The van der Waals surface area contributed by atoms with Gasteiger partial charge in [-0.2, -0.15) is 8.42 Å². The summed E-state index contributed by atoms with van der Waals surface area (Å²) < 4.78 is 25.9. The van der Waals surface area contributed by atoms with Crippen molar-refractivity contribution >= 4 is 21.7 Å². The Balaban J connectivity index is 0.000000385. The molecule has 88 valence electrons. The first-order valence-electron chi connectivity index (χ1n) is 4.10. The van der Waals surface area contributed by atoms with Crippen molar-refractivity contribution < 1.29 is 17.8 Å². The number of hydrogen-bond donors (Lipinski definition) is 2. The van der Waals surface area contributed by atoms with Crippen LogP contribution in [-0.4, -0.2) is 30.8 Å². The first-order chi connectivity index (χ1) is 7.30. The van der Waals surface area contributed by atoms with Crippen molar-refractivity contribution in [1.82, 2.24) is 0 Å². The highest BCUT2D eigenvalue weighted by molar-refractivity contribution is 7.85. The van der Waals surface area contributed by atoms with Crippen molar-refractivity contribution in [2.24, 2.45) is 10.7 Å². The van der Waals surface area contributed by atoms with Crippen molar-refractivity contribution in [3.63, 3.8) is 0 Å². The van der Waals surface area contributed by atoms with E-state index in [0.717, 1.165) is 0 Å². The van der Waals surface area contributed by atoms with Gasteiger partial charge in [0.1, 0.15) is 5.71 Å². The molecule has 1 aliphatic heterocycles. The molecule has 0 spiro atoms. The standard InChI is InChI=1S/C8H8N2O.CH4O3S/c9-8(11)7-5-3-1-2-4-6-10-7;1-5(2,3)4/h1-6H,(H2,9,11);1H3,(H,2,3,4). The van der Waals surface area contributed by atoms with Crippen LogP contribution in [0.1, 0.15) is 0 Å². The fraction of sp³-hybridized carbons (Fsp3) is 0.111. The molecule has 1 heterocycles. The second-order valence-corrected chi connectivity index (χ2v) is 4.16. The SMILES string of the molecule is CS(=O)(=O)O.NC(=O)C1=NC=CC=CC=C1. The molecule has 3 N–H and O–H groups in total. The van der Waals surface area contributed by atoms with Crippen LogP contribution in [0.4, 0.5) is 0 Å². The maximum atomic E-state index is 10.6. The van der Waals surface area contributed by atoms with Crippen molar-refractivity contribution in [2.45, 2.75) is 0 Å². The summed E-state index contributed by atoms with van der Waals surface area (Å²) in [5.41, 5.74) is 5.28. The van der Waals surface area contributed by atoms with Crippen LogP contribution in [0.2, 0.25) is 0 Å². The van der Waals surface area contributed by atoms with Gasteiger partial charge >= 0.3 is 0 Å².